The number of rotatable bonds is 3. The minimum Gasteiger partial charge on any atom is -0.423 e. The molecule has 0 bridgehead atoms. The molecule has 0 aliphatic heterocycles. The van der Waals surface area contributed by atoms with E-state index >= 15 is 0 Å². The van der Waals surface area contributed by atoms with Gasteiger partial charge < -0.3 is 10.5 Å². The molecule has 96 valence electrons. The summed E-state index contributed by atoms with van der Waals surface area (Å²) in [6.07, 6.45) is 2.98. The number of carbonyl (C=O) groups is 2. The quantitative estimate of drug-likeness (QED) is 0.694. The first-order chi connectivity index (χ1) is 9.06. The van der Waals surface area contributed by atoms with Crippen molar-refractivity contribution in [2.45, 2.75) is 0 Å². The molecule has 0 fully saturated rings. The van der Waals surface area contributed by atoms with Crippen molar-refractivity contribution in [1.82, 2.24) is 4.98 Å². The largest absolute Gasteiger partial charge is 0.423 e. The predicted molar refractivity (Wildman–Crippen MR) is 71.9 cm³/mol. The molecule has 19 heavy (non-hydrogen) atoms. The van der Waals surface area contributed by atoms with Gasteiger partial charge in [-0.25, -0.2) is 4.79 Å². The summed E-state index contributed by atoms with van der Waals surface area (Å²) in [6.45, 7) is 0. The third kappa shape index (κ3) is 3.38. The number of halogens is 1. The summed E-state index contributed by atoms with van der Waals surface area (Å²) in [6, 6.07) is 7.59. The van der Waals surface area contributed by atoms with Crippen LogP contribution in [-0.4, -0.2) is 16.9 Å². The fraction of sp³-hybridized carbons (Fsp3) is 0. The highest BCUT2D eigenvalue weighted by Gasteiger charge is 2.10. The normalized spacial score (nSPS) is 9.95. The first-order valence-corrected chi connectivity index (χ1v) is 6.08. The number of amides is 1. The van der Waals surface area contributed by atoms with Crippen molar-refractivity contribution < 1.29 is 14.3 Å². The number of ether oxygens (including phenoxy) is 1. The Morgan fingerprint density at radius 3 is 2.37 bits per heavy atom. The Labute approximate surface area is 117 Å². The van der Waals surface area contributed by atoms with Crippen LogP contribution < -0.4 is 10.5 Å². The van der Waals surface area contributed by atoms with E-state index in [0.29, 0.717) is 21.3 Å². The maximum absolute atomic E-state index is 11.8. The minimum atomic E-state index is -0.533. The van der Waals surface area contributed by atoms with Crippen molar-refractivity contribution in [3.05, 3.63) is 58.3 Å². The van der Waals surface area contributed by atoms with Crippen molar-refractivity contribution in [2.75, 3.05) is 0 Å². The highest BCUT2D eigenvalue weighted by Crippen LogP contribution is 2.15. The number of nitrogens with two attached hydrogens (primary N) is 1. The summed E-state index contributed by atoms with van der Waals surface area (Å²) in [5.74, 6) is -0.732. The molecule has 0 saturated carbocycles. The van der Waals surface area contributed by atoms with Gasteiger partial charge in [0.25, 0.3) is 0 Å². The minimum absolute atomic E-state index is 0.327. The van der Waals surface area contributed by atoms with Gasteiger partial charge in [0.2, 0.25) is 5.91 Å². The van der Waals surface area contributed by atoms with Gasteiger partial charge in [-0.3, -0.25) is 9.78 Å². The number of pyridine rings is 1. The van der Waals surface area contributed by atoms with Crippen LogP contribution in [0, 0.1) is 0 Å². The van der Waals surface area contributed by atoms with E-state index in [9.17, 15) is 9.59 Å². The fourth-order valence-electron chi connectivity index (χ4n) is 1.38. The van der Waals surface area contributed by atoms with Crippen LogP contribution in [0.25, 0.3) is 0 Å². The fourth-order valence-corrected chi connectivity index (χ4v) is 1.74. The number of hydrogen-bond acceptors (Lipinski definition) is 4. The van der Waals surface area contributed by atoms with Gasteiger partial charge in [-0.1, -0.05) is 0 Å². The SMILES string of the molecule is NC(=O)c1ccc(OC(=O)c2cncc(Br)c2)cc1. The molecule has 1 aromatic heterocycles. The number of hydrogen-bond donors (Lipinski definition) is 1. The molecule has 0 spiro atoms. The van der Waals surface area contributed by atoms with Crippen molar-refractivity contribution in [3.8, 4) is 5.75 Å². The first-order valence-electron chi connectivity index (χ1n) is 5.29. The van der Waals surface area contributed by atoms with E-state index in [0.717, 1.165) is 0 Å². The van der Waals surface area contributed by atoms with E-state index in [1.165, 1.54) is 30.5 Å². The third-order valence-electron chi connectivity index (χ3n) is 2.29. The van der Waals surface area contributed by atoms with E-state index in [2.05, 4.69) is 20.9 Å². The monoisotopic (exact) mass is 320 g/mol. The summed E-state index contributed by atoms with van der Waals surface area (Å²) in [4.78, 5) is 26.6. The van der Waals surface area contributed by atoms with Crippen LogP contribution in [0.5, 0.6) is 5.75 Å². The lowest BCUT2D eigenvalue weighted by Crippen LogP contribution is -2.11. The Balaban J connectivity index is 2.13. The van der Waals surface area contributed by atoms with E-state index in [1.54, 1.807) is 12.3 Å². The number of carbonyl (C=O) groups excluding carboxylic acids is 2. The molecule has 6 heteroatoms. The molecule has 0 atom stereocenters. The highest BCUT2D eigenvalue weighted by atomic mass is 79.9. The van der Waals surface area contributed by atoms with Gasteiger partial charge in [-0.05, 0) is 46.3 Å². The molecule has 1 amide bonds. The molecule has 0 radical (unpaired) electrons. The molecule has 1 aromatic carbocycles. The van der Waals surface area contributed by atoms with Gasteiger partial charge in [0.05, 0.1) is 5.56 Å². The van der Waals surface area contributed by atoms with E-state index in [4.69, 9.17) is 10.5 Å². The lowest BCUT2D eigenvalue weighted by Gasteiger charge is -2.04. The topological polar surface area (TPSA) is 82.3 Å². The Kier molecular flexibility index (Phi) is 3.91. The Morgan fingerprint density at radius 1 is 1.11 bits per heavy atom. The molecule has 0 aliphatic rings. The number of benzene rings is 1. The summed E-state index contributed by atoms with van der Waals surface area (Å²) >= 11 is 3.22. The molecular formula is C13H9BrN2O3. The molecule has 2 N–H and O–H groups in total. The molecule has 1 heterocycles. The maximum Gasteiger partial charge on any atom is 0.345 e. The van der Waals surface area contributed by atoms with Gasteiger partial charge in [-0.2, -0.15) is 0 Å². The zero-order valence-corrected chi connectivity index (χ0v) is 11.3. The molecule has 2 aromatic rings. The summed E-state index contributed by atoms with van der Waals surface area (Å²) in [5, 5.41) is 0. The molecule has 0 aliphatic carbocycles. The van der Waals surface area contributed by atoms with E-state index in [1.807, 2.05) is 0 Å². The number of primary amides is 1. The zero-order chi connectivity index (χ0) is 13.8. The van der Waals surface area contributed by atoms with Crippen LogP contribution in [0.2, 0.25) is 0 Å². The second-order valence-electron chi connectivity index (χ2n) is 3.67. The predicted octanol–water partition coefficient (Wildman–Crippen LogP) is 2.16. The van der Waals surface area contributed by atoms with Gasteiger partial charge in [0.15, 0.2) is 0 Å². The summed E-state index contributed by atoms with van der Waals surface area (Å²) in [5.41, 5.74) is 5.79. The van der Waals surface area contributed by atoms with Crippen molar-refractivity contribution >= 4 is 27.8 Å². The molecular weight excluding hydrogens is 312 g/mol. The number of aromatic nitrogens is 1. The Hall–Kier alpha value is -2.21. The number of nitrogens with zero attached hydrogens (tertiary/aromatic N) is 1. The van der Waals surface area contributed by atoms with Crippen LogP contribution >= 0.6 is 15.9 Å². The van der Waals surface area contributed by atoms with Crippen molar-refractivity contribution in [2.24, 2.45) is 5.73 Å². The maximum atomic E-state index is 11.8. The molecule has 5 nitrogen and oxygen atoms in total. The van der Waals surface area contributed by atoms with Crippen molar-refractivity contribution in [1.29, 1.82) is 0 Å². The molecule has 0 unspecified atom stereocenters. The van der Waals surface area contributed by atoms with E-state index in [-0.39, 0.29) is 0 Å². The van der Waals surface area contributed by atoms with Gasteiger partial charge >= 0.3 is 5.97 Å². The summed E-state index contributed by atoms with van der Waals surface area (Å²) < 4.78 is 5.82. The standard InChI is InChI=1S/C13H9BrN2O3/c14-10-5-9(6-16-7-10)13(18)19-11-3-1-8(2-4-11)12(15)17/h1-7H,(H2,15,17). The average molecular weight is 321 g/mol. The van der Waals surface area contributed by atoms with Gasteiger partial charge in [-0.15, -0.1) is 0 Å². The van der Waals surface area contributed by atoms with Crippen LogP contribution in [0.1, 0.15) is 20.7 Å². The summed E-state index contributed by atoms with van der Waals surface area (Å²) in [7, 11) is 0. The highest BCUT2D eigenvalue weighted by molar-refractivity contribution is 9.10. The Bertz CT molecular complexity index is 626. The second kappa shape index (κ2) is 5.62. The smallest absolute Gasteiger partial charge is 0.345 e. The lowest BCUT2D eigenvalue weighted by molar-refractivity contribution is 0.0734. The number of esters is 1. The van der Waals surface area contributed by atoms with Crippen LogP contribution in [-0.2, 0) is 0 Å². The molecule has 0 saturated heterocycles. The van der Waals surface area contributed by atoms with Gasteiger partial charge in [0.1, 0.15) is 5.75 Å². The van der Waals surface area contributed by atoms with Crippen LogP contribution in [0.4, 0.5) is 0 Å². The third-order valence-corrected chi connectivity index (χ3v) is 2.72. The lowest BCUT2D eigenvalue weighted by atomic mass is 10.2. The zero-order valence-electron chi connectivity index (χ0n) is 9.67. The van der Waals surface area contributed by atoms with Crippen LogP contribution in [0.15, 0.2) is 47.2 Å². The molecule has 2 rings (SSSR count). The van der Waals surface area contributed by atoms with Crippen LogP contribution in [0.3, 0.4) is 0 Å². The Morgan fingerprint density at radius 2 is 1.79 bits per heavy atom. The van der Waals surface area contributed by atoms with Crippen molar-refractivity contribution in [3.63, 3.8) is 0 Å². The second-order valence-corrected chi connectivity index (χ2v) is 4.59. The van der Waals surface area contributed by atoms with Gasteiger partial charge in [0, 0.05) is 22.4 Å². The average Bonchev–Trinajstić information content (AvgIpc) is 2.39. The van der Waals surface area contributed by atoms with E-state index < -0.39 is 11.9 Å². The first kappa shape index (κ1) is 13.2.